The lowest BCUT2D eigenvalue weighted by molar-refractivity contribution is -0.143. The number of pyridine rings is 1. The molecule has 170 valence electrons. The van der Waals surface area contributed by atoms with Crippen molar-refractivity contribution in [2.24, 2.45) is 0 Å². The molecule has 0 atom stereocenters. The molecule has 0 aliphatic heterocycles. The maximum absolute atomic E-state index is 13.4. The predicted octanol–water partition coefficient (Wildman–Crippen LogP) is 6.65. The molecule has 0 aliphatic rings. The number of imidazole rings is 1. The molecule has 2 aromatic heterocycles. The van der Waals surface area contributed by atoms with Gasteiger partial charge < -0.3 is 4.74 Å². The SMILES string of the molecule is COc1ccccc1-c1ccncc1-n1cncc1-c1cc(C(F)(F)F)cc(C(F)(F)F)c1. The Kier molecular flexibility index (Phi) is 5.61. The van der Waals surface area contributed by atoms with Crippen molar-refractivity contribution in [2.45, 2.75) is 12.4 Å². The summed E-state index contributed by atoms with van der Waals surface area (Å²) in [5.74, 6) is 0.532. The zero-order valence-electron chi connectivity index (χ0n) is 16.9. The van der Waals surface area contributed by atoms with Crippen molar-refractivity contribution >= 4 is 0 Å². The van der Waals surface area contributed by atoms with Gasteiger partial charge >= 0.3 is 12.4 Å². The molecule has 0 spiro atoms. The van der Waals surface area contributed by atoms with Crippen molar-refractivity contribution < 1.29 is 31.1 Å². The van der Waals surface area contributed by atoms with Crippen molar-refractivity contribution in [2.75, 3.05) is 7.11 Å². The summed E-state index contributed by atoms with van der Waals surface area (Å²) >= 11 is 0. The summed E-state index contributed by atoms with van der Waals surface area (Å²) < 4.78 is 86.9. The molecule has 4 rings (SSSR count). The number of aromatic nitrogens is 3. The molecule has 4 aromatic rings. The molecule has 2 heterocycles. The van der Waals surface area contributed by atoms with Crippen LogP contribution in [0.4, 0.5) is 26.3 Å². The Labute approximate surface area is 184 Å². The van der Waals surface area contributed by atoms with Gasteiger partial charge in [0.25, 0.3) is 0 Å². The minimum atomic E-state index is -4.96. The topological polar surface area (TPSA) is 39.9 Å². The largest absolute Gasteiger partial charge is 0.496 e. The summed E-state index contributed by atoms with van der Waals surface area (Å²) in [6, 6.07) is 10.2. The quantitative estimate of drug-likeness (QED) is 0.318. The number of alkyl halides is 6. The van der Waals surface area contributed by atoms with Gasteiger partial charge in [-0.25, -0.2) is 4.98 Å². The lowest BCUT2D eigenvalue weighted by atomic mass is 10.0. The maximum atomic E-state index is 13.4. The minimum absolute atomic E-state index is 0.0377. The molecule has 33 heavy (non-hydrogen) atoms. The zero-order chi connectivity index (χ0) is 23.8. The smallest absolute Gasteiger partial charge is 0.416 e. The monoisotopic (exact) mass is 463 g/mol. The van der Waals surface area contributed by atoms with E-state index in [0.717, 1.165) is 0 Å². The van der Waals surface area contributed by atoms with Crippen LogP contribution in [0.25, 0.3) is 28.1 Å². The Morgan fingerprint density at radius 2 is 1.45 bits per heavy atom. The molecule has 10 heteroatoms. The number of hydrogen-bond acceptors (Lipinski definition) is 3. The third kappa shape index (κ3) is 4.41. The lowest BCUT2D eigenvalue weighted by Gasteiger charge is -2.17. The van der Waals surface area contributed by atoms with Gasteiger partial charge in [0.1, 0.15) is 5.75 Å². The van der Waals surface area contributed by atoms with Gasteiger partial charge in [0.05, 0.1) is 48.3 Å². The van der Waals surface area contributed by atoms with Crippen LogP contribution in [0.2, 0.25) is 0 Å². The van der Waals surface area contributed by atoms with E-state index in [1.54, 1.807) is 30.3 Å². The molecule has 0 aliphatic carbocycles. The third-order valence-electron chi connectivity index (χ3n) is 4.98. The summed E-state index contributed by atoms with van der Waals surface area (Å²) in [5, 5.41) is 0. The van der Waals surface area contributed by atoms with Gasteiger partial charge in [-0.2, -0.15) is 26.3 Å². The molecular weight excluding hydrogens is 448 g/mol. The fourth-order valence-corrected chi connectivity index (χ4v) is 3.48. The number of rotatable bonds is 4. The molecule has 4 nitrogen and oxygen atoms in total. The highest BCUT2D eigenvalue weighted by Gasteiger charge is 2.37. The predicted molar refractivity (Wildman–Crippen MR) is 109 cm³/mol. The number of methoxy groups -OCH3 is 1. The standard InChI is InChI=1S/C23H15F6N3O/c1-33-21-5-3-2-4-18(21)17-6-7-30-12-20(17)32-13-31-11-19(32)14-8-15(22(24,25)26)10-16(9-14)23(27,28)29/h2-13H,1H3. The molecule has 0 N–H and O–H groups in total. The van der Waals surface area contributed by atoms with E-state index < -0.39 is 23.5 Å². The number of nitrogens with zero attached hydrogens (tertiary/aromatic N) is 3. The van der Waals surface area contributed by atoms with Gasteiger partial charge in [-0.3, -0.25) is 9.55 Å². The lowest BCUT2D eigenvalue weighted by Crippen LogP contribution is -2.11. The Bertz CT molecular complexity index is 1260. The summed E-state index contributed by atoms with van der Waals surface area (Å²) in [7, 11) is 1.49. The second-order valence-corrected chi connectivity index (χ2v) is 7.04. The van der Waals surface area contributed by atoms with Crippen LogP contribution in [0.15, 0.2) is 73.4 Å². The molecule has 0 bridgehead atoms. The first-order valence-electron chi connectivity index (χ1n) is 9.49. The number of benzene rings is 2. The van der Waals surface area contributed by atoms with Crippen molar-refractivity contribution in [3.05, 3.63) is 84.6 Å². The van der Waals surface area contributed by atoms with E-state index in [0.29, 0.717) is 34.7 Å². The zero-order valence-corrected chi connectivity index (χ0v) is 16.9. The van der Waals surface area contributed by atoms with Crippen LogP contribution in [-0.2, 0) is 12.4 Å². The first-order chi connectivity index (χ1) is 15.6. The Morgan fingerprint density at radius 1 is 0.788 bits per heavy atom. The van der Waals surface area contributed by atoms with Crippen molar-refractivity contribution in [3.8, 4) is 33.8 Å². The highest BCUT2D eigenvalue weighted by atomic mass is 19.4. The average Bonchev–Trinajstić information content (AvgIpc) is 3.27. The molecule has 2 aromatic carbocycles. The number of para-hydroxylation sites is 1. The molecule has 0 fully saturated rings. The number of ether oxygens (including phenoxy) is 1. The van der Waals surface area contributed by atoms with Crippen LogP contribution in [-0.4, -0.2) is 21.6 Å². The molecular formula is C23H15F6N3O. The maximum Gasteiger partial charge on any atom is 0.416 e. The second kappa shape index (κ2) is 8.27. The van der Waals surface area contributed by atoms with Crippen LogP contribution in [0.3, 0.4) is 0 Å². The summed E-state index contributed by atoms with van der Waals surface area (Å²) in [6.07, 6.45) is -4.44. The van der Waals surface area contributed by atoms with Crippen LogP contribution in [0.5, 0.6) is 5.75 Å². The van der Waals surface area contributed by atoms with Gasteiger partial charge in [-0.1, -0.05) is 18.2 Å². The fraction of sp³-hybridized carbons (Fsp3) is 0.130. The van der Waals surface area contributed by atoms with Gasteiger partial charge in [0, 0.05) is 22.9 Å². The first kappa shape index (κ1) is 22.4. The van der Waals surface area contributed by atoms with E-state index in [1.165, 1.54) is 36.6 Å². The highest BCUT2D eigenvalue weighted by molar-refractivity contribution is 5.79. The van der Waals surface area contributed by atoms with E-state index in [-0.39, 0.29) is 17.3 Å². The van der Waals surface area contributed by atoms with Crippen LogP contribution in [0.1, 0.15) is 11.1 Å². The second-order valence-electron chi connectivity index (χ2n) is 7.04. The fourth-order valence-electron chi connectivity index (χ4n) is 3.48. The molecule has 0 unspecified atom stereocenters. The van der Waals surface area contributed by atoms with E-state index in [2.05, 4.69) is 9.97 Å². The van der Waals surface area contributed by atoms with Gasteiger partial charge in [0.2, 0.25) is 0 Å². The summed E-state index contributed by atoms with van der Waals surface area (Å²) in [5.41, 5.74) is -1.39. The Morgan fingerprint density at radius 3 is 2.09 bits per heavy atom. The Hall–Kier alpha value is -3.82. The minimum Gasteiger partial charge on any atom is -0.496 e. The average molecular weight is 463 g/mol. The van der Waals surface area contributed by atoms with E-state index in [1.807, 2.05) is 0 Å². The molecule has 0 saturated carbocycles. The van der Waals surface area contributed by atoms with E-state index >= 15 is 0 Å². The van der Waals surface area contributed by atoms with Crippen LogP contribution < -0.4 is 4.74 Å². The van der Waals surface area contributed by atoms with E-state index in [4.69, 9.17) is 4.74 Å². The number of halogens is 6. The van der Waals surface area contributed by atoms with Crippen molar-refractivity contribution in [1.29, 1.82) is 0 Å². The summed E-state index contributed by atoms with van der Waals surface area (Å²) in [6.45, 7) is 0. The molecule has 0 amide bonds. The van der Waals surface area contributed by atoms with Crippen molar-refractivity contribution in [3.63, 3.8) is 0 Å². The first-order valence-corrected chi connectivity index (χ1v) is 9.49. The third-order valence-corrected chi connectivity index (χ3v) is 4.98. The van der Waals surface area contributed by atoms with Crippen LogP contribution >= 0.6 is 0 Å². The number of hydrogen-bond donors (Lipinski definition) is 0. The van der Waals surface area contributed by atoms with Gasteiger partial charge in [-0.05, 0) is 30.3 Å². The highest BCUT2D eigenvalue weighted by Crippen LogP contribution is 2.40. The Balaban J connectivity index is 1.93. The van der Waals surface area contributed by atoms with E-state index in [9.17, 15) is 26.3 Å². The molecule has 0 saturated heterocycles. The van der Waals surface area contributed by atoms with Crippen LogP contribution in [0, 0.1) is 0 Å². The molecule has 0 radical (unpaired) electrons. The van der Waals surface area contributed by atoms with Gasteiger partial charge in [0.15, 0.2) is 0 Å². The van der Waals surface area contributed by atoms with Gasteiger partial charge in [-0.15, -0.1) is 0 Å². The van der Waals surface area contributed by atoms with Crippen molar-refractivity contribution in [1.82, 2.24) is 14.5 Å². The normalized spacial score (nSPS) is 12.1. The summed E-state index contributed by atoms with van der Waals surface area (Å²) in [4.78, 5) is 8.06.